The fraction of sp³-hybridized carbons (Fsp3) is 0.722. The normalized spacial score (nSPS) is 10.7. The van der Waals surface area contributed by atoms with Crippen molar-refractivity contribution >= 4 is 11.8 Å². The largest absolute Gasteiger partial charge is 0.446 e. The molecule has 0 saturated carbocycles. The minimum absolute atomic E-state index is 0.0154. The van der Waals surface area contributed by atoms with Crippen LogP contribution >= 0.6 is 0 Å². The minimum Gasteiger partial charge on any atom is -0.446 e. The molecule has 1 aromatic rings. The number of aromatic nitrogens is 1. The first-order valence-corrected chi connectivity index (χ1v) is 9.28. The van der Waals surface area contributed by atoms with E-state index in [1.54, 1.807) is 4.90 Å². The van der Waals surface area contributed by atoms with Gasteiger partial charge in [0.25, 0.3) is 5.91 Å². The Hall–Kier alpha value is -1.93. The summed E-state index contributed by atoms with van der Waals surface area (Å²) in [5.74, 6) is 0.0745. The lowest BCUT2D eigenvalue weighted by molar-refractivity contribution is -0.132. The van der Waals surface area contributed by atoms with E-state index in [4.69, 9.17) is 13.9 Å². The number of carbonyl (C=O) groups excluding carboxylic acids is 2. The fourth-order valence-corrected chi connectivity index (χ4v) is 2.28. The number of hydrogen-bond acceptors (Lipinski definition) is 6. The maximum absolute atomic E-state index is 12.1. The van der Waals surface area contributed by atoms with Crippen LogP contribution in [0, 0.1) is 0 Å². The van der Waals surface area contributed by atoms with E-state index in [2.05, 4.69) is 10.3 Å². The van der Waals surface area contributed by atoms with Crippen molar-refractivity contribution in [3.05, 3.63) is 17.8 Å². The smallest absolute Gasteiger partial charge is 0.273 e. The van der Waals surface area contributed by atoms with Crippen LogP contribution in [0.15, 0.2) is 10.7 Å². The van der Waals surface area contributed by atoms with Crippen molar-refractivity contribution in [2.24, 2.45) is 0 Å². The van der Waals surface area contributed by atoms with E-state index in [0.29, 0.717) is 51.8 Å². The minimum atomic E-state index is -0.291. The molecule has 26 heavy (non-hydrogen) atoms. The molecule has 0 aliphatic heterocycles. The number of ether oxygens (including phenoxy) is 2. The van der Waals surface area contributed by atoms with E-state index in [0.717, 1.165) is 12.8 Å². The molecule has 148 valence electrons. The zero-order valence-electron chi connectivity index (χ0n) is 16.1. The monoisotopic (exact) mass is 369 g/mol. The van der Waals surface area contributed by atoms with Crippen LogP contribution in [0.1, 0.15) is 56.4 Å². The molecule has 0 saturated heterocycles. The van der Waals surface area contributed by atoms with Gasteiger partial charge in [-0.1, -0.05) is 6.92 Å². The molecule has 0 aromatic carbocycles. The Morgan fingerprint density at radius 2 is 1.85 bits per heavy atom. The van der Waals surface area contributed by atoms with Crippen molar-refractivity contribution in [1.29, 1.82) is 0 Å². The molecule has 0 atom stereocenters. The Balaban J connectivity index is 2.49. The highest BCUT2D eigenvalue weighted by Crippen LogP contribution is 2.08. The predicted molar refractivity (Wildman–Crippen MR) is 96.8 cm³/mol. The highest BCUT2D eigenvalue weighted by Gasteiger charge is 2.17. The van der Waals surface area contributed by atoms with Crippen LogP contribution in [0.2, 0.25) is 0 Å². The molecule has 2 amide bonds. The first-order chi connectivity index (χ1) is 12.6. The van der Waals surface area contributed by atoms with E-state index in [9.17, 15) is 9.59 Å². The molecule has 1 rings (SSSR count). The second-order valence-corrected chi connectivity index (χ2v) is 5.65. The quantitative estimate of drug-likeness (QED) is 0.504. The molecule has 0 radical (unpaired) electrons. The van der Waals surface area contributed by atoms with Crippen molar-refractivity contribution in [3.63, 3.8) is 0 Å². The lowest BCUT2D eigenvalue weighted by Gasteiger charge is -2.20. The molecule has 1 N–H and O–H groups in total. The van der Waals surface area contributed by atoms with Gasteiger partial charge in [-0.05, 0) is 26.7 Å². The van der Waals surface area contributed by atoms with Crippen molar-refractivity contribution < 1.29 is 23.5 Å². The van der Waals surface area contributed by atoms with Crippen LogP contribution in [-0.4, -0.2) is 61.2 Å². The van der Waals surface area contributed by atoms with E-state index >= 15 is 0 Å². The third kappa shape index (κ3) is 8.44. The van der Waals surface area contributed by atoms with Gasteiger partial charge in [0.15, 0.2) is 5.69 Å². The van der Waals surface area contributed by atoms with Gasteiger partial charge in [-0.3, -0.25) is 9.59 Å². The average molecular weight is 369 g/mol. The van der Waals surface area contributed by atoms with Crippen LogP contribution < -0.4 is 5.32 Å². The van der Waals surface area contributed by atoms with Crippen LogP contribution in [-0.2, 0) is 20.8 Å². The third-order valence-electron chi connectivity index (χ3n) is 3.64. The summed E-state index contributed by atoms with van der Waals surface area (Å²) >= 11 is 0. The molecule has 0 spiro atoms. The summed E-state index contributed by atoms with van der Waals surface area (Å²) in [5, 5.41) is 2.77. The van der Waals surface area contributed by atoms with Gasteiger partial charge in [-0.25, -0.2) is 4.98 Å². The Morgan fingerprint density at radius 3 is 2.50 bits per heavy atom. The van der Waals surface area contributed by atoms with E-state index in [1.807, 2.05) is 20.8 Å². The van der Waals surface area contributed by atoms with Crippen molar-refractivity contribution in [3.8, 4) is 0 Å². The summed E-state index contributed by atoms with van der Waals surface area (Å²) in [6, 6.07) is 0. The predicted octanol–water partition coefficient (Wildman–Crippen LogP) is 2.00. The number of amides is 2. The molecule has 8 heteroatoms. The van der Waals surface area contributed by atoms with Crippen LogP contribution in [0.4, 0.5) is 0 Å². The van der Waals surface area contributed by atoms with Gasteiger partial charge < -0.3 is 24.1 Å². The molecule has 0 bridgehead atoms. The Bertz CT molecular complexity index is 533. The second kappa shape index (κ2) is 13.3. The number of rotatable bonds is 14. The Morgan fingerprint density at radius 1 is 1.15 bits per heavy atom. The highest BCUT2D eigenvalue weighted by molar-refractivity contribution is 5.91. The summed E-state index contributed by atoms with van der Waals surface area (Å²) in [5.41, 5.74) is 0.217. The SMILES string of the molecule is CCOCCCNC(=O)c1coc(CN(CCCOCC)C(=O)CC)n1. The average Bonchev–Trinajstić information content (AvgIpc) is 3.12. The van der Waals surface area contributed by atoms with Crippen molar-refractivity contribution in [2.45, 2.75) is 46.6 Å². The second-order valence-electron chi connectivity index (χ2n) is 5.65. The summed E-state index contributed by atoms with van der Waals surface area (Å²) in [7, 11) is 0. The first-order valence-electron chi connectivity index (χ1n) is 9.28. The van der Waals surface area contributed by atoms with Crippen molar-refractivity contribution in [1.82, 2.24) is 15.2 Å². The zero-order valence-corrected chi connectivity index (χ0v) is 16.1. The van der Waals surface area contributed by atoms with Gasteiger partial charge in [0.2, 0.25) is 11.8 Å². The number of hydrogen-bond donors (Lipinski definition) is 1. The lowest BCUT2D eigenvalue weighted by atomic mass is 10.3. The van der Waals surface area contributed by atoms with E-state index in [-0.39, 0.29) is 24.1 Å². The number of nitrogens with zero attached hydrogens (tertiary/aromatic N) is 2. The standard InChI is InChI=1S/C18H31N3O5/c1-4-17(22)21(10-8-12-25-6-3)13-16-20-15(14-26-16)18(23)19-9-7-11-24-5-2/h14H,4-13H2,1-3H3,(H,19,23). The van der Waals surface area contributed by atoms with Gasteiger partial charge >= 0.3 is 0 Å². The summed E-state index contributed by atoms with van der Waals surface area (Å²) in [6.45, 7) is 9.53. The van der Waals surface area contributed by atoms with Crippen LogP contribution in [0.5, 0.6) is 0 Å². The number of nitrogens with one attached hydrogen (secondary N) is 1. The molecular weight excluding hydrogens is 338 g/mol. The topological polar surface area (TPSA) is 93.9 Å². The van der Waals surface area contributed by atoms with E-state index in [1.165, 1.54) is 6.26 Å². The molecule has 0 aliphatic rings. The van der Waals surface area contributed by atoms with Gasteiger partial charge in [-0.15, -0.1) is 0 Å². The van der Waals surface area contributed by atoms with Crippen LogP contribution in [0.3, 0.4) is 0 Å². The summed E-state index contributed by atoms with van der Waals surface area (Å²) < 4.78 is 15.9. The van der Waals surface area contributed by atoms with E-state index < -0.39 is 0 Å². The molecule has 8 nitrogen and oxygen atoms in total. The van der Waals surface area contributed by atoms with Gasteiger partial charge in [0.05, 0.1) is 6.54 Å². The first kappa shape index (κ1) is 22.1. The molecular formula is C18H31N3O5. The lowest BCUT2D eigenvalue weighted by Crippen LogP contribution is -2.31. The highest BCUT2D eigenvalue weighted by atomic mass is 16.5. The number of oxazole rings is 1. The molecule has 0 aliphatic carbocycles. The maximum atomic E-state index is 12.1. The fourth-order valence-electron chi connectivity index (χ4n) is 2.28. The zero-order chi connectivity index (χ0) is 19.2. The van der Waals surface area contributed by atoms with Crippen molar-refractivity contribution in [2.75, 3.05) is 39.5 Å². The Kier molecular flexibility index (Phi) is 11.3. The molecule has 0 unspecified atom stereocenters. The molecule has 0 fully saturated rings. The number of carbonyl (C=O) groups is 2. The van der Waals surface area contributed by atoms with Gasteiger partial charge in [0.1, 0.15) is 6.26 Å². The van der Waals surface area contributed by atoms with Gasteiger partial charge in [-0.2, -0.15) is 0 Å². The molecule has 1 aromatic heterocycles. The maximum Gasteiger partial charge on any atom is 0.273 e. The van der Waals surface area contributed by atoms with Crippen LogP contribution in [0.25, 0.3) is 0 Å². The molecule has 1 heterocycles. The summed E-state index contributed by atoms with van der Waals surface area (Å²) in [6.07, 6.45) is 3.21. The van der Waals surface area contributed by atoms with Gasteiger partial charge in [0, 0.05) is 45.9 Å². The third-order valence-corrected chi connectivity index (χ3v) is 3.64. The Labute approximate surface area is 155 Å². The summed E-state index contributed by atoms with van der Waals surface area (Å²) in [4.78, 5) is 30.0.